The Morgan fingerprint density at radius 3 is 2.81 bits per heavy atom. The maximum atomic E-state index is 8.64. The number of halogens is 1. The monoisotopic (exact) mass is 235 g/mol. The predicted octanol–water partition coefficient (Wildman–Crippen LogP) is 1.88. The van der Waals surface area contributed by atoms with Crippen molar-refractivity contribution in [2.24, 2.45) is 10.8 Å². The molecule has 0 atom stereocenters. The zero-order valence-corrected chi connectivity index (χ0v) is 9.34. The first-order valence-corrected chi connectivity index (χ1v) is 4.77. The van der Waals surface area contributed by atoms with Crippen molar-refractivity contribution in [3.8, 4) is 6.07 Å². The molecule has 0 aromatic heterocycles. The summed E-state index contributed by atoms with van der Waals surface area (Å²) in [7, 11) is 0. The molecule has 0 fully saturated rings. The van der Waals surface area contributed by atoms with E-state index in [4.69, 9.17) is 28.0 Å². The average Bonchev–Trinajstić information content (AvgIpc) is 2.22. The molecule has 0 spiro atoms. The number of benzene rings is 1. The molecule has 0 heterocycles. The van der Waals surface area contributed by atoms with E-state index in [-0.39, 0.29) is 11.5 Å². The molecular formula is C10H10ClN5. The van der Waals surface area contributed by atoms with Crippen LogP contribution in [0, 0.1) is 23.7 Å². The Hall–Kier alpha value is -2.06. The second-order valence-corrected chi connectivity index (χ2v) is 3.44. The zero-order valence-electron chi connectivity index (χ0n) is 8.58. The molecule has 16 heavy (non-hydrogen) atoms. The summed E-state index contributed by atoms with van der Waals surface area (Å²) in [5.41, 5.74) is 9.07. The minimum Gasteiger partial charge on any atom is -0.382 e. The smallest absolute Gasteiger partial charge is 0.201 e. The molecule has 0 aliphatic rings. The Bertz CT molecular complexity index is 466. The molecule has 0 bridgehead atoms. The third kappa shape index (κ3) is 2.72. The number of hydrazone groups is 1. The number of nitrogens with two attached hydrogens (primary N) is 1. The van der Waals surface area contributed by atoms with Gasteiger partial charge in [0.15, 0.2) is 5.84 Å². The van der Waals surface area contributed by atoms with Gasteiger partial charge in [0.05, 0.1) is 10.7 Å². The van der Waals surface area contributed by atoms with Gasteiger partial charge in [-0.25, -0.2) is 0 Å². The van der Waals surface area contributed by atoms with Crippen molar-refractivity contribution >= 4 is 28.8 Å². The molecule has 0 aliphatic heterocycles. The van der Waals surface area contributed by atoms with Gasteiger partial charge in [0.1, 0.15) is 6.07 Å². The number of nitriles is 1. The fourth-order valence-electron chi connectivity index (χ4n) is 1.03. The van der Waals surface area contributed by atoms with Crippen LogP contribution in [0.3, 0.4) is 0 Å². The summed E-state index contributed by atoms with van der Waals surface area (Å²) in [5.74, 6) is -0.389. The Labute approximate surface area is 98.0 Å². The van der Waals surface area contributed by atoms with E-state index in [0.29, 0.717) is 10.7 Å². The first-order valence-electron chi connectivity index (χ1n) is 4.39. The summed E-state index contributed by atoms with van der Waals surface area (Å²) < 4.78 is 0. The highest BCUT2D eigenvalue weighted by molar-refractivity contribution is 6.46. The first-order chi connectivity index (χ1) is 7.56. The second kappa shape index (κ2) is 5.14. The van der Waals surface area contributed by atoms with Crippen LogP contribution in [-0.4, -0.2) is 11.5 Å². The molecule has 1 aromatic carbocycles. The highest BCUT2D eigenvalue weighted by atomic mass is 35.5. The largest absolute Gasteiger partial charge is 0.382 e. The van der Waals surface area contributed by atoms with E-state index in [0.717, 1.165) is 5.56 Å². The summed E-state index contributed by atoms with van der Waals surface area (Å²) in [4.78, 5) is 0. The molecular weight excluding hydrogens is 226 g/mol. The van der Waals surface area contributed by atoms with Crippen LogP contribution < -0.4 is 11.2 Å². The van der Waals surface area contributed by atoms with Gasteiger partial charge in [0.2, 0.25) is 5.71 Å². The molecule has 0 aliphatic carbocycles. The zero-order chi connectivity index (χ0) is 12.1. The molecule has 0 saturated carbocycles. The fourth-order valence-corrected chi connectivity index (χ4v) is 1.29. The number of hydrogen-bond acceptors (Lipinski definition) is 4. The molecule has 1 rings (SSSR count). The standard InChI is InChI=1S/C10H10ClN5/c1-6-3-2-4-7(11)9(6)16-15-8(5-12)10(13)14/h2-4,16H,1H3,(H3,13,14)/b15-8+. The number of aryl methyl sites for hydroxylation is 1. The lowest BCUT2D eigenvalue weighted by Crippen LogP contribution is -2.22. The molecule has 0 unspecified atom stereocenters. The minimum absolute atomic E-state index is 0.181. The quantitative estimate of drug-likeness (QED) is 0.424. The number of para-hydroxylation sites is 1. The van der Waals surface area contributed by atoms with E-state index >= 15 is 0 Å². The number of anilines is 1. The normalized spacial score (nSPS) is 10.7. The number of hydrogen-bond donors (Lipinski definition) is 3. The van der Waals surface area contributed by atoms with Crippen LogP contribution in [0.2, 0.25) is 5.02 Å². The van der Waals surface area contributed by atoms with Crippen LogP contribution in [0.5, 0.6) is 0 Å². The molecule has 6 heteroatoms. The summed E-state index contributed by atoms with van der Waals surface area (Å²) in [6.45, 7) is 1.85. The van der Waals surface area contributed by atoms with E-state index in [9.17, 15) is 0 Å². The Kier molecular flexibility index (Phi) is 3.86. The van der Waals surface area contributed by atoms with Crippen LogP contribution in [0.15, 0.2) is 23.3 Å². The maximum absolute atomic E-state index is 8.64. The van der Waals surface area contributed by atoms with Gasteiger partial charge in [-0.05, 0) is 18.6 Å². The van der Waals surface area contributed by atoms with Gasteiger partial charge in [0, 0.05) is 0 Å². The van der Waals surface area contributed by atoms with Gasteiger partial charge in [-0.1, -0.05) is 23.7 Å². The number of rotatable bonds is 3. The van der Waals surface area contributed by atoms with Gasteiger partial charge >= 0.3 is 0 Å². The molecule has 0 radical (unpaired) electrons. The lowest BCUT2D eigenvalue weighted by atomic mass is 10.2. The maximum Gasteiger partial charge on any atom is 0.201 e. The molecule has 1 aromatic rings. The Balaban J connectivity index is 2.99. The van der Waals surface area contributed by atoms with Gasteiger partial charge in [-0.2, -0.15) is 10.4 Å². The van der Waals surface area contributed by atoms with Crippen LogP contribution >= 0.6 is 11.6 Å². The molecule has 82 valence electrons. The minimum atomic E-state index is -0.389. The van der Waals surface area contributed by atoms with Crippen LogP contribution in [-0.2, 0) is 0 Å². The second-order valence-electron chi connectivity index (χ2n) is 3.03. The molecule has 0 amide bonds. The van der Waals surface area contributed by atoms with Crippen molar-refractivity contribution in [2.45, 2.75) is 6.92 Å². The SMILES string of the molecule is Cc1cccc(Cl)c1N/N=C(\C#N)C(=N)N. The lowest BCUT2D eigenvalue weighted by molar-refractivity contribution is 1.30. The number of nitrogens with one attached hydrogen (secondary N) is 2. The van der Waals surface area contributed by atoms with E-state index in [1.165, 1.54) is 0 Å². The highest BCUT2D eigenvalue weighted by Gasteiger charge is 2.04. The summed E-state index contributed by atoms with van der Waals surface area (Å²) in [5, 5.41) is 19.9. The van der Waals surface area contributed by atoms with Crippen LogP contribution in [0.25, 0.3) is 0 Å². The van der Waals surface area contributed by atoms with Gasteiger partial charge < -0.3 is 5.73 Å². The third-order valence-corrected chi connectivity index (χ3v) is 2.18. The highest BCUT2D eigenvalue weighted by Crippen LogP contribution is 2.24. The molecule has 4 N–H and O–H groups in total. The van der Waals surface area contributed by atoms with Gasteiger partial charge in [0.25, 0.3) is 0 Å². The summed E-state index contributed by atoms with van der Waals surface area (Å²) in [6, 6.07) is 7.07. The van der Waals surface area contributed by atoms with E-state index in [1.54, 1.807) is 12.1 Å². The lowest BCUT2D eigenvalue weighted by Gasteiger charge is -2.06. The third-order valence-electron chi connectivity index (χ3n) is 1.86. The summed E-state index contributed by atoms with van der Waals surface area (Å²) >= 11 is 5.94. The predicted molar refractivity (Wildman–Crippen MR) is 64.8 cm³/mol. The van der Waals surface area contributed by atoms with Crippen molar-refractivity contribution in [1.29, 1.82) is 10.7 Å². The van der Waals surface area contributed by atoms with Crippen molar-refractivity contribution in [1.82, 2.24) is 0 Å². The van der Waals surface area contributed by atoms with Crippen molar-refractivity contribution in [3.05, 3.63) is 28.8 Å². The topological polar surface area (TPSA) is 98.0 Å². The number of amidine groups is 1. The number of nitrogens with zero attached hydrogens (tertiary/aromatic N) is 2. The molecule has 0 saturated heterocycles. The van der Waals surface area contributed by atoms with Crippen LogP contribution in [0.4, 0.5) is 5.69 Å². The van der Waals surface area contributed by atoms with E-state index in [2.05, 4.69) is 10.5 Å². The fraction of sp³-hybridized carbons (Fsp3) is 0.100. The molecule has 5 nitrogen and oxygen atoms in total. The van der Waals surface area contributed by atoms with Crippen molar-refractivity contribution in [3.63, 3.8) is 0 Å². The first kappa shape index (κ1) is 12.0. The van der Waals surface area contributed by atoms with Crippen LogP contribution in [0.1, 0.15) is 5.56 Å². The van der Waals surface area contributed by atoms with E-state index < -0.39 is 0 Å². The van der Waals surface area contributed by atoms with E-state index in [1.807, 2.05) is 19.1 Å². The van der Waals surface area contributed by atoms with Crippen molar-refractivity contribution in [2.75, 3.05) is 5.43 Å². The Morgan fingerprint density at radius 1 is 1.62 bits per heavy atom. The van der Waals surface area contributed by atoms with Crippen molar-refractivity contribution < 1.29 is 0 Å². The summed E-state index contributed by atoms with van der Waals surface area (Å²) in [6.07, 6.45) is 0. The Morgan fingerprint density at radius 2 is 2.31 bits per heavy atom. The average molecular weight is 236 g/mol. The van der Waals surface area contributed by atoms with Gasteiger partial charge in [-0.15, -0.1) is 0 Å². The van der Waals surface area contributed by atoms with Gasteiger partial charge in [-0.3, -0.25) is 10.8 Å².